The van der Waals surface area contributed by atoms with Gasteiger partial charge in [0.15, 0.2) is 5.78 Å². The number of piperidine rings is 1. The number of fused-ring (bicyclic) bond motifs is 1. The molecule has 42 heavy (non-hydrogen) atoms. The van der Waals surface area contributed by atoms with E-state index < -0.39 is 35.1 Å². The molecule has 1 saturated heterocycles. The monoisotopic (exact) mass is 588 g/mol. The quantitative estimate of drug-likeness (QED) is 0.297. The van der Waals surface area contributed by atoms with Crippen molar-refractivity contribution in [3.63, 3.8) is 0 Å². The van der Waals surface area contributed by atoms with Crippen LogP contribution in [0.3, 0.4) is 0 Å². The number of likely N-dealkylation sites (tertiary alicyclic amines) is 1. The predicted octanol–water partition coefficient (Wildman–Crippen LogP) is 7.99. The molecule has 0 bridgehead atoms. The van der Waals surface area contributed by atoms with Crippen molar-refractivity contribution in [2.45, 2.75) is 50.4 Å². The van der Waals surface area contributed by atoms with Crippen LogP contribution in [0.4, 0.5) is 32.0 Å². The molecule has 1 N–H and O–H groups in total. The van der Waals surface area contributed by atoms with Gasteiger partial charge in [0, 0.05) is 22.7 Å². The SMILES string of the molecule is O=C(Nc1cc(C(F)(F)F)cc(C(F)(F)F)c1)c1ccc2c(c1)CCC(CCN1CCC(c3ccccc3)CC1)C2=O. The maximum Gasteiger partial charge on any atom is 0.416 e. The normalized spacial score (nSPS) is 18.5. The van der Waals surface area contributed by atoms with Crippen LogP contribution in [0.1, 0.15) is 74.6 Å². The lowest BCUT2D eigenvalue weighted by Crippen LogP contribution is -2.35. The molecule has 3 aromatic carbocycles. The van der Waals surface area contributed by atoms with E-state index in [0.29, 0.717) is 42.0 Å². The number of nitrogens with zero attached hydrogens (tertiary/aromatic N) is 1. The molecule has 10 heteroatoms. The summed E-state index contributed by atoms with van der Waals surface area (Å²) in [5.74, 6) is -0.457. The summed E-state index contributed by atoms with van der Waals surface area (Å²) in [6.45, 7) is 2.78. The zero-order valence-corrected chi connectivity index (χ0v) is 22.7. The lowest BCUT2D eigenvalue weighted by molar-refractivity contribution is -0.143. The Labute approximate surface area is 239 Å². The number of benzene rings is 3. The zero-order valence-electron chi connectivity index (χ0n) is 22.7. The van der Waals surface area contributed by atoms with Crippen LogP contribution in [0, 0.1) is 5.92 Å². The van der Waals surface area contributed by atoms with E-state index in [4.69, 9.17) is 0 Å². The minimum atomic E-state index is -5.03. The first-order valence-electron chi connectivity index (χ1n) is 13.9. The minimum absolute atomic E-state index is 0.00329. The number of Topliss-reactive ketones (excluding diaryl/α,β-unsaturated/α-hetero) is 1. The first-order valence-corrected chi connectivity index (χ1v) is 13.9. The molecule has 1 atom stereocenters. The highest BCUT2D eigenvalue weighted by Crippen LogP contribution is 2.38. The number of carbonyl (C=O) groups is 2. The highest BCUT2D eigenvalue weighted by atomic mass is 19.4. The third-order valence-corrected chi connectivity index (χ3v) is 8.26. The fourth-order valence-corrected chi connectivity index (χ4v) is 5.92. The number of halogens is 6. The van der Waals surface area contributed by atoms with Crippen LogP contribution in [0.15, 0.2) is 66.7 Å². The first-order chi connectivity index (χ1) is 19.9. The molecule has 1 fully saturated rings. The van der Waals surface area contributed by atoms with E-state index >= 15 is 0 Å². The van der Waals surface area contributed by atoms with Crippen LogP contribution < -0.4 is 5.32 Å². The van der Waals surface area contributed by atoms with Gasteiger partial charge in [0.1, 0.15) is 0 Å². The number of hydrogen-bond acceptors (Lipinski definition) is 3. The van der Waals surface area contributed by atoms with E-state index in [2.05, 4.69) is 34.5 Å². The molecule has 5 rings (SSSR count). The zero-order chi connectivity index (χ0) is 30.1. The number of carbonyl (C=O) groups excluding carboxylic acids is 2. The Morgan fingerprint density at radius 2 is 1.48 bits per heavy atom. The van der Waals surface area contributed by atoms with Crippen molar-refractivity contribution in [3.8, 4) is 0 Å². The molecule has 1 aliphatic heterocycles. The van der Waals surface area contributed by atoms with Crippen LogP contribution in [0.2, 0.25) is 0 Å². The van der Waals surface area contributed by atoms with E-state index in [1.54, 1.807) is 0 Å². The van der Waals surface area contributed by atoms with Crippen molar-refractivity contribution < 1.29 is 35.9 Å². The number of ketones is 1. The van der Waals surface area contributed by atoms with Crippen LogP contribution in [-0.2, 0) is 18.8 Å². The molecule has 1 amide bonds. The van der Waals surface area contributed by atoms with Crippen LogP contribution in [-0.4, -0.2) is 36.2 Å². The second-order valence-corrected chi connectivity index (χ2v) is 11.0. The lowest BCUT2D eigenvalue weighted by Gasteiger charge is -2.33. The molecule has 1 heterocycles. The van der Waals surface area contributed by atoms with Gasteiger partial charge in [-0.25, -0.2) is 0 Å². The fourth-order valence-electron chi connectivity index (χ4n) is 5.92. The molecule has 1 aliphatic carbocycles. The van der Waals surface area contributed by atoms with Gasteiger partial charge in [-0.15, -0.1) is 0 Å². The molecule has 2 aliphatic rings. The van der Waals surface area contributed by atoms with Crippen molar-refractivity contribution in [2.24, 2.45) is 5.92 Å². The highest BCUT2D eigenvalue weighted by molar-refractivity contribution is 6.06. The maximum atomic E-state index is 13.2. The Morgan fingerprint density at radius 1 is 0.833 bits per heavy atom. The van der Waals surface area contributed by atoms with E-state index in [0.717, 1.165) is 38.9 Å². The Morgan fingerprint density at radius 3 is 2.10 bits per heavy atom. The van der Waals surface area contributed by atoms with Gasteiger partial charge in [0.25, 0.3) is 5.91 Å². The van der Waals surface area contributed by atoms with Gasteiger partial charge >= 0.3 is 12.4 Å². The molecular formula is C32H30F6N2O2. The number of rotatable bonds is 6. The van der Waals surface area contributed by atoms with Gasteiger partial charge in [-0.2, -0.15) is 26.3 Å². The summed E-state index contributed by atoms with van der Waals surface area (Å²) in [6, 6.07) is 15.8. The Balaban J connectivity index is 1.20. The summed E-state index contributed by atoms with van der Waals surface area (Å²) in [6.07, 6.45) is -6.01. The summed E-state index contributed by atoms with van der Waals surface area (Å²) in [5, 5.41) is 2.15. The third kappa shape index (κ3) is 6.86. The molecule has 0 saturated carbocycles. The van der Waals surface area contributed by atoms with Crippen molar-refractivity contribution in [2.75, 3.05) is 25.0 Å². The van der Waals surface area contributed by atoms with Gasteiger partial charge < -0.3 is 10.2 Å². The van der Waals surface area contributed by atoms with Gasteiger partial charge in [0.2, 0.25) is 0 Å². The maximum absolute atomic E-state index is 13.2. The van der Waals surface area contributed by atoms with Crippen molar-refractivity contribution >= 4 is 17.4 Å². The molecule has 4 nitrogen and oxygen atoms in total. The minimum Gasteiger partial charge on any atom is -0.322 e. The molecule has 0 aromatic heterocycles. The van der Waals surface area contributed by atoms with Crippen molar-refractivity contribution in [3.05, 3.63) is 100 Å². The second-order valence-electron chi connectivity index (χ2n) is 11.0. The molecule has 3 aromatic rings. The summed E-state index contributed by atoms with van der Waals surface area (Å²) < 4.78 is 79.1. The number of hydrogen-bond donors (Lipinski definition) is 1. The molecular weight excluding hydrogens is 558 g/mol. The topological polar surface area (TPSA) is 49.4 Å². The first kappa shape index (κ1) is 29.8. The number of aryl methyl sites for hydroxylation is 1. The van der Waals surface area contributed by atoms with Gasteiger partial charge in [-0.05, 0) is 99.1 Å². The van der Waals surface area contributed by atoms with E-state index in [1.807, 2.05) is 6.07 Å². The van der Waals surface area contributed by atoms with Gasteiger partial charge in [-0.1, -0.05) is 36.4 Å². The average Bonchev–Trinajstić information content (AvgIpc) is 2.96. The van der Waals surface area contributed by atoms with E-state index in [-0.39, 0.29) is 23.3 Å². The van der Waals surface area contributed by atoms with Gasteiger partial charge in [-0.3, -0.25) is 9.59 Å². The highest BCUT2D eigenvalue weighted by Gasteiger charge is 2.37. The van der Waals surface area contributed by atoms with E-state index in [9.17, 15) is 35.9 Å². The Hall–Kier alpha value is -3.66. The predicted molar refractivity (Wildman–Crippen MR) is 146 cm³/mol. The molecule has 0 radical (unpaired) electrons. The van der Waals surface area contributed by atoms with Gasteiger partial charge in [0.05, 0.1) is 11.1 Å². The summed E-state index contributed by atoms with van der Waals surface area (Å²) in [5.41, 5.74) is -1.09. The second kappa shape index (κ2) is 11.9. The Kier molecular flexibility index (Phi) is 8.46. The number of nitrogens with one attached hydrogen (secondary N) is 1. The smallest absolute Gasteiger partial charge is 0.322 e. The summed E-state index contributed by atoms with van der Waals surface area (Å²) >= 11 is 0. The average molecular weight is 589 g/mol. The molecule has 0 spiro atoms. The van der Waals surface area contributed by atoms with Crippen molar-refractivity contribution in [1.82, 2.24) is 4.90 Å². The standard InChI is InChI=1S/C32H30F6N2O2/c33-31(34,35)25-17-26(32(36,37)38)19-27(18-25)39-30(42)24-8-9-28-23(16-24)7-6-22(29(28)41)12-15-40-13-10-21(11-14-40)20-4-2-1-3-5-20/h1-5,8-9,16-19,21-22H,6-7,10-15H2,(H,39,42). The van der Waals surface area contributed by atoms with E-state index in [1.165, 1.54) is 23.8 Å². The largest absolute Gasteiger partial charge is 0.416 e. The van der Waals surface area contributed by atoms with Crippen LogP contribution in [0.25, 0.3) is 0 Å². The number of amides is 1. The van der Waals surface area contributed by atoms with Crippen LogP contribution in [0.5, 0.6) is 0 Å². The number of alkyl halides is 6. The van der Waals surface area contributed by atoms with Crippen molar-refractivity contribution in [1.29, 1.82) is 0 Å². The Bertz CT molecular complexity index is 1410. The number of anilines is 1. The molecule has 222 valence electrons. The third-order valence-electron chi connectivity index (χ3n) is 8.26. The lowest BCUT2D eigenvalue weighted by atomic mass is 9.80. The molecule has 1 unspecified atom stereocenters. The summed E-state index contributed by atoms with van der Waals surface area (Å²) in [4.78, 5) is 28.4. The summed E-state index contributed by atoms with van der Waals surface area (Å²) in [7, 11) is 0. The fraction of sp³-hybridized carbons (Fsp3) is 0.375. The van der Waals surface area contributed by atoms with Crippen LogP contribution >= 0.6 is 0 Å².